The average Bonchev–Trinajstić information content (AvgIpc) is 2.93. The zero-order valence-electron chi connectivity index (χ0n) is 15.7. The molecule has 1 aromatic rings. The number of ether oxygens (including phenoxy) is 1. The Kier molecular flexibility index (Phi) is 5.82. The quantitative estimate of drug-likeness (QED) is 0.621. The lowest BCUT2D eigenvalue weighted by Crippen LogP contribution is -2.38. The van der Waals surface area contributed by atoms with Crippen LogP contribution in [-0.2, 0) is 4.74 Å². The van der Waals surface area contributed by atoms with Crippen LogP contribution in [0.1, 0.15) is 77.2 Å². The summed E-state index contributed by atoms with van der Waals surface area (Å²) in [7, 11) is 0. The van der Waals surface area contributed by atoms with Gasteiger partial charge in [-0.2, -0.15) is 0 Å². The molecule has 1 aliphatic heterocycles. The van der Waals surface area contributed by atoms with Crippen molar-refractivity contribution in [3.8, 4) is 0 Å². The molecule has 1 saturated carbocycles. The Hall–Kier alpha value is -1.77. The van der Waals surface area contributed by atoms with E-state index in [0.717, 1.165) is 49.8 Å². The zero-order chi connectivity index (χ0) is 17.7. The van der Waals surface area contributed by atoms with Crippen molar-refractivity contribution >= 4 is 12.2 Å². The molecule has 1 aliphatic carbocycles. The molecule has 136 valence electrons. The Balaban J connectivity index is 2.00. The largest absolute Gasteiger partial charge is 0.436 e. The Morgan fingerprint density at radius 3 is 2.52 bits per heavy atom. The topological polar surface area (TPSA) is 29.5 Å². The van der Waals surface area contributed by atoms with Crippen molar-refractivity contribution in [2.24, 2.45) is 0 Å². The second-order valence-electron chi connectivity index (χ2n) is 7.42. The van der Waals surface area contributed by atoms with Crippen LogP contribution in [0.5, 0.6) is 0 Å². The summed E-state index contributed by atoms with van der Waals surface area (Å²) in [5, 5.41) is 0. The van der Waals surface area contributed by atoms with E-state index < -0.39 is 5.60 Å². The summed E-state index contributed by atoms with van der Waals surface area (Å²) in [6.07, 6.45) is 11.9. The third-order valence-corrected chi connectivity index (χ3v) is 5.75. The van der Waals surface area contributed by atoms with Crippen molar-refractivity contribution in [1.29, 1.82) is 0 Å². The molecule has 3 rings (SSSR count). The first kappa shape index (κ1) is 18.0. The monoisotopic (exact) mass is 341 g/mol. The summed E-state index contributed by atoms with van der Waals surface area (Å²) >= 11 is 0. The van der Waals surface area contributed by atoms with Gasteiger partial charge < -0.3 is 4.74 Å². The van der Waals surface area contributed by atoms with Gasteiger partial charge in [-0.05, 0) is 43.7 Å². The van der Waals surface area contributed by atoms with Gasteiger partial charge in [-0.1, -0.05) is 69.9 Å². The van der Waals surface area contributed by atoms with Crippen molar-refractivity contribution in [1.82, 2.24) is 4.90 Å². The Morgan fingerprint density at radius 1 is 1.16 bits per heavy atom. The van der Waals surface area contributed by atoms with E-state index in [1.807, 2.05) is 11.0 Å². The number of nitrogens with zero attached hydrogens (tertiary/aromatic N) is 1. The highest BCUT2D eigenvalue weighted by Gasteiger charge is 2.50. The highest BCUT2D eigenvalue weighted by molar-refractivity contribution is 5.78. The van der Waals surface area contributed by atoms with Gasteiger partial charge in [0.15, 0.2) is 5.60 Å². The summed E-state index contributed by atoms with van der Waals surface area (Å²) in [4.78, 5) is 14.9. The number of amides is 1. The van der Waals surface area contributed by atoms with Crippen molar-refractivity contribution in [3.63, 3.8) is 0 Å². The van der Waals surface area contributed by atoms with Crippen molar-refractivity contribution in [2.45, 2.75) is 83.3 Å². The molecule has 1 saturated heterocycles. The first-order chi connectivity index (χ1) is 12.2. The van der Waals surface area contributed by atoms with Crippen LogP contribution in [0.15, 0.2) is 36.0 Å². The number of hydrogen-bond donors (Lipinski definition) is 0. The Bertz CT molecular complexity index is 604. The maximum absolute atomic E-state index is 12.9. The van der Waals surface area contributed by atoms with Gasteiger partial charge in [0.25, 0.3) is 0 Å². The van der Waals surface area contributed by atoms with Crippen molar-refractivity contribution in [2.75, 3.05) is 0 Å². The lowest BCUT2D eigenvalue weighted by molar-refractivity contribution is 0.0566. The van der Waals surface area contributed by atoms with E-state index >= 15 is 0 Å². The highest BCUT2D eigenvalue weighted by atomic mass is 16.6. The smallest absolute Gasteiger partial charge is 0.415 e. The van der Waals surface area contributed by atoms with Gasteiger partial charge in [-0.25, -0.2) is 4.79 Å². The molecule has 1 amide bonds. The highest BCUT2D eigenvalue weighted by Crippen LogP contribution is 2.44. The zero-order valence-corrected chi connectivity index (χ0v) is 15.7. The van der Waals surface area contributed by atoms with Crippen LogP contribution < -0.4 is 0 Å². The summed E-state index contributed by atoms with van der Waals surface area (Å²) in [5.41, 5.74) is 1.78. The fourth-order valence-corrected chi connectivity index (χ4v) is 4.25. The molecule has 0 aromatic heterocycles. The second-order valence-corrected chi connectivity index (χ2v) is 7.42. The van der Waals surface area contributed by atoms with Crippen LogP contribution in [0.3, 0.4) is 0 Å². The number of unbranched alkanes of at least 4 members (excludes halogenated alkanes) is 1. The molecule has 3 nitrogen and oxygen atoms in total. The fraction of sp³-hybridized carbons (Fsp3) is 0.591. The van der Waals surface area contributed by atoms with E-state index in [1.165, 1.54) is 19.3 Å². The number of hydrogen-bond acceptors (Lipinski definition) is 2. The second kappa shape index (κ2) is 8.07. The van der Waals surface area contributed by atoms with Gasteiger partial charge in [0.05, 0.1) is 5.70 Å². The molecule has 1 heterocycles. The minimum atomic E-state index is -0.458. The van der Waals surface area contributed by atoms with E-state index in [1.54, 1.807) is 0 Å². The summed E-state index contributed by atoms with van der Waals surface area (Å²) in [6, 6.07) is 10.6. The van der Waals surface area contributed by atoms with Gasteiger partial charge in [-0.3, -0.25) is 4.90 Å². The normalized spacial score (nSPS) is 26.2. The van der Waals surface area contributed by atoms with Crippen LogP contribution in [0.2, 0.25) is 0 Å². The summed E-state index contributed by atoms with van der Waals surface area (Å²) in [6.45, 7) is 4.34. The van der Waals surface area contributed by atoms with Crippen LogP contribution in [-0.4, -0.2) is 22.6 Å². The molecule has 0 bridgehead atoms. The summed E-state index contributed by atoms with van der Waals surface area (Å²) in [5.74, 6) is 0. The predicted molar refractivity (Wildman–Crippen MR) is 102 cm³/mol. The van der Waals surface area contributed by atoms with Crippen molar-refractivity contribution in [3.05, 3.63) is 41.6 Å². The average molecular weight is 341 g/mol. The molecule has 2 fully saturated rings. The van der Waals surface area contributed by atoms with E-state index in [0.29, 0.717) is 6.04 Å². The van der Waals surface area contributed by atoms with Gasteiger partial charge in [0.2, 0.25) is 0 Å². The molecule has 3 heteroatoms. The SMILES string of the molecule is CCCCC1(CC)OC(=O)N(C2CCCCC2)/C1=C\c1ccccc1. The number of rotatable bonds is 6. The number of benzene rings is 1. The minimum Gasteiger partial charge on any atom is -0.436 e. The number of carbonyl (C=O) groups is 1. The number of carbonyl (C=O) groups excluding carboxylic acids is 1. The van der Waals surface area contributed by atoms with E-state index in [9.17, 15) is 4.79 Å². The van der Waals surface area contributed by atoms with Crippen LogP contribution in [0, 0.1) is 0 Å². The first-order valence-corrected chi connectivity index (χ1v) is 9.99. The molecule has 0 radical (unpaired) electrons. The van der Waals surface area contributed by atoms with E-state index in [2.05, 4.69) is 44.2 Å². The Labute approximate surface area is 152 Å². The van der Waals surface area contributed by atoms with Gasteiger partial charge in [-0.15, -0.1) is 0 Å². The maximum Gasteiger partial charge on any atom is 0.415 e. The van der Waals surface area contributed by atoms with Crippen molar-refractivity contribution < 1.29 is 9.53 Å². The maximum atomic E-state index is 12.9. The van der Waals surface area contributed by atoms with Gasteiger partial charge in [0.1, 0.15) is 0 Å². The molecular weight excluding hydrogens is 310 g/mol. The van der Waals surface area contributed by atoms with E-state index in [4.69, 9.17) is 4.74 Å². The molecule has 1 unspecified atom stereocenters. The van der Waals surface area contributed by atoms with E-state index in [-0.39, 0.29) is 6.09 Å². The lowest BCUT2D eigenvalue weighted by Gasteiger charge is -2.33. The molecule has 0 N–H and O–H groups in total. The standard InChI is InChI=1S/C22H31NO2/c1-3-5-16-22(4-2)20(17-18-12-8-6-9-13-18)23(21(24)25-22)19-14-10-7-11-15-19/h6,8-9,12-13,17,19H,3-5,7,10-11,14-16H2,1-2H3/b20-17-. The molecule has 0 spiro atoms. The Morgan fingerprint density at radius 2 is 1.88 bits per heavy atom. The third kappa shape index (κ3) is 3.75. The first-order valence-electron chi connectivity index (χ1n) is 9.99. The fourth-order valence-electron chi connectivity index (χ4n) is 4.25. The van der Waals surface area contributed by atoms with Gasteiger partial charge in [0, 0.05) is 6.04 Å². The molecule has 1 atom stereocenters. The molecular formula is C22H31NO2. The molecule has 2 aliphatic rings. The predicted octanol–water partition coefficient (Wildman–Crippen LogP) is 6.15. The minimum absolute atomic E-state index is 0.132. The van der Waals surface area contributed by atoms with Crippen LogP contribution in [0.4, 0.5) is 4.79 Å². The number of cyclic esters (lactones) is 1. The molecule has 1 aromatic carbocycles. The third-order valence-electron chi connectivity index (χ3n) is 5.75. The van der Waals surface area contributed by atoms with Crippen LogP contribution >= 0.6 is 0 Å². The van der Waals surface area contributed by atoms with Crippen LogP contribution in [0.25, 0.3) is 6.08 Å². The summed E-state index contributed by atoms with van der Waals surface area (Å²) < 4.78 is 6.07. The van der Waals surface area contributed by atoms with Gasteiger partial charge >= 0.3 is 6.09 Å². The lowest BCUT2D eigenvalue weighted by atomic mass is 9.87. The molecule has 25 heavy (non-hydrogen) atoms.